The van der Waals surface area contributed by atoms with Crippen LogP contribution in [0.5, 0.6) is 0 Å². The van der Waals surface area contributed by atoms with Crippen LogP contribution in [0.25, 0.3) is 0 Å². The van der Waals surface area contributed by atoms with Crippen LogP contribution < -0.4 is 5.32 Å². The minimum absolute atomic E-state index is 0.00290. The number of carbonyl (C=O) groups excluding carboxylic acids is 3. The average molecular weight is 412 g/mol. The summed E-state index contributed by atoms with van der Waals surface area (Å²) in [6.45, 7) is -0.383. The van der Waals surface area contributed by atoms with E-state index in [-0.39, 0.29) is 30.1 Å². The minimum atomic E-state index is -0.472. The lowest BCUT2D eigenvalue weighted by atomic mass is 9.75. The molecule has 5 nitrogen and oxygen atoms in total. The van der Waals surface area contributed by atoms with Crippen molar-refractivity contribution in [3.8, 4) is 0 Å². The van der Waals surface area contributed by atoms with Crippen LogP contribution in [0, 0.1) is 23.7 Å². The number of benzene rings is 2. The fraction of sp³-hybridized carbons (Fsp3) is 0.348. The summed E-state index contributed by atoms with van der Waals surface area (Å²) in [5.41, 5.74) is 1.16. The molecule has 2 aromatic carbocycles. The Morgan fingerprint density at radius 2 is 1.69 bits per heavy atom. The Bertz CT molecular complexity index is 929. The van der Waals surface area contributed by atoms with Crippen LogP contribution in [0.1, 0.15) is 29.6 Å². The molecule has 0 spiro atoms. The van der Waals surface area contributed by atoms with Gasteiger partial charge < -0.3 is 10.1 Å². The molecule has 2 aliphatic carbocycles. The lowest BCUT2D eigenvalue weighted by molar-refractivity contribution is -0.154. The predicted octanol–water partition coefficient (Wildman–Crippen LogP) is 4.37. The van der Waals surface area contributed by atoms with Crippen LogP contribution in [0.3, 0.4) is 0 Å². The van der Waals surface area contributed by atoms with Crippen molar-refractivity contribution in [1.82, 2.24) is 0 Å². The maximum Gasteiger partial charge on any atom is 0.310 e. The number of hydrogen-bond acceptors (Lipinski definition) is 4. The maximum absolute atomic E-state index is 13.1. The van der Waals surface area contributed by atoms with Crippen molar-refractivity contribution in [3.63, 3.8) is 0 Å². The molecule has 0 saturated heterocycles. The second kappa shape index (κ2) is 8.37. The fourth-order valence-corrected chi connectivity index (χ4v) is 4.99. The summed E-state index contributed by atoms with van der Waals surface area (Å²) < 4.78 is 5.32. The van der Waals surface area contributed by atoms with Crippen LogP contribution in [0.2, 0.25) is 5.02 Å². The van der Waals surface area contributed by atoms with Gasteiger partial charge in [-0.2, -0.15) is 0 Å². The zero-order valence-corrected chi connectivity index (χ0v) is 16.6. The second-order valence-corrected chi connectivity index (χ2v) is 8.22. The van der Waals surface area contributed by atoms with Gasteiger partial charge in [-0.25, -0.2) is 0 Å². The summed E-state index contributed by atoms with van der Waals surface area (Å²) in [6, 6.07) is 15.8. The number of halogens is 1. The Balaban J connectivity index is 1.40. The van der Waals surface area contributed by atoms with Crippen LogP contribution in [0.4, 0.5) is 5.69 Å². The average Bonchev–Trinajstić information content (AvgIpc) is 3.34. The monoisotopic (exact) mass is 411 g/mol. The van der Waals surface area contributed by atoms with E-state index < -0.39 is 17.8 Å². The maximum atomic E-state index is 13.1. The molecule has 29 heavy (non-hydrogen) atoms. The van der Waals surface area contributed by atoms with Gasteiger partial charge in [0.1, 0.15) is 0 Å². The number of anilines is 1. The van der Waals surface area contributed by atoms with E-state index in [0.717, 1.165) is 19.3 Å². The molecule has 6 heteroatoms. The topological polar surface area (TPSA) is 72.5 Å². The third-order valence-electron chi connectivity index (χ3n) is 6.00. The molecule has 150 valence electrons. The lowest BCUT2D eigenvalue weighted by Crippen LogP contribution is -2.37. The molecule has 0 radical (unpaired) electrons. The van der Waals surface area contributed by atoms with Crippen molar-refractivity contribution in [2.45, 2.75) is 19.3 Å². The highest BCUT2D eigenvalue weighted by atomic mass is 35.5. The summed E-state index contributed by atoms with van der Waals surface area (Å²) >= 11 is 5.91. The molecule has 4 rings (SSSR count). The van der Waals surface area contributed by atoms with E-state index in [9.17, 15) is 14.4 Å². The Hall–Kier alpha value is -2.66. The van der Waals surface area contributed by atoms with Crippen molar-refractivity contribution in [2.24, 2.45) is 23.7 Å². The Labute approximate surface area is 174 Å². The highest BCUT2D eigenvalue weighted by Crippen LogP contribution is 2.53. The van der Waals surface area contributed by atoms with E-state index in [4.69, 9.17) is 16.3 Å². The molecule has 4 atom stereocenters. The zero-order valence-electron chi connectivity index (χ0n) is 15.8. The first kappa shape index (κ1) is 19.6. The number of carbonyl (C=O) groups is 3. The lowest BCUT2D eigenvalue weighted by Gasteiger charge is -2.28. The van der Waals surface area contributed by atoms with Gasteiger partial charge in [-0.3, -0.25) is 14.4 Å². The molecule has 0 unspecified atom stereocenters. The molecule has 2 aromatic rings. The second-order valence-electron chi connectivity index (χ2n) is 7.78. The Morgan fingerprint density at radius 3 is 2.41 bits per heavy atom. The largest absolute Gasteiger partial charge is 0.455 e. The summed E-state index contributed by atoms with van der Waals surface area (Å²) in [4.78, 5) is 38.0. The number of hydrogen-bond donors (Lipinski definition) is 1. The first-order valence-corrected chi connectivity index (χ1v) is 10.2. The van der Waals surface area contributed by atoms with Gasteiger partial charge >= 0.3 is 5.97 Å². The molecule has 0 aromatic heterocycles. The standard InChI is InChI=1S/C23H22ClNO4/c24-17-7-4-8-18(12-17)25-19(26)13-29-23(28)21-16-10-9-15(11-16)20(21)22(27)14-5-2-1-3-6-14/h1-8,12,15-16,20-21H,9-11,13H2,(H,25,26)/t15-,16-,20+,21+/m0/s1. The molecule has 1 amide bonds. The molecule has 1 N–H and O–H groups in total. The van der Waals surface area contributed by atoms with E-state index in [1.54, 1.807) is 36.4 Å². The molecule has 0 heterocycles. The molecule has 2 aliphatic rings. The van der Waals surface area contributed by atoms with Crippen LogP contribution in [0.15, 0.2) is 54.6 Å². The Morgan fingerprint density at radius 1 is 0.966 bits per heavy atom. The van der Waals surface area contributed by atoms with Crippen LogP contribution in [-0.2, 0) is 14.3 Å². The fourth-order valence-electron chi connectivity index (χ4n) is 4.80. The first-order chi connectivity index (χ1) is 14.0. The van der Waals surface area contributed by atoms with Gasteiger partial charge in [0.15, 0.2) is 12.4 Å². The van der Waals surface area contributed by atoms with Gasteiger partial charge in [0.05, 0.1) is 5.92 Å². The van der Waals surface area contributed by atoms with Crippen LogP contribution >= 0.6 is 11.6 Å². The number of ketones is 1. The van der Waals surface area contributed by atoms with Crippen molar-refractivity contribution in [1.29, 1.82) is 0 Å². The number of esters is 1. The van der Waals surface area contributed by atoms with Gasteiger partial charge in [-0.15, -0.1) is 0 Å². The van der Waals surface area contributed by atoms with E-state index in [1.807, 2.05) is 18.2 Å². The quantitative estimate of drug-likeness (QED) is 0.566. The first-order valence-electron chi connectivity index (χ1n) is 9.84. The highest BCUT2D eigenvalue weighted by molar-refractivity contribution is 6.30. The smallest absolute Gasteiger partial charge is 0.310 e. The Kier molecular flexibility index (Phi) is 5.67. The van der Waals surface area contributed by atoms with Gasteiger partial charge in [0.2, 0.25) is 0 Å². The zero-order chi connectivity index (χ0) is 20.4. The van der Waals surface area contributed by atoms with E-state index in [2.05, 4.69) is 5.32 Å². The molecule has 2 bridgehead atoms. The number of rotatable bonds is 6. The molecule has 2 fully saturated rings. The van der Waals surface area contributed by atoms with Crippen molar-refractivity contribution >= 4 is 34.9 Å². The number of ether oxygens (including phenoxy) is 1. The van der Waals surface area contributed by atoms with Crippen LogP contribution in [-0.4, -0.2) is 24.3 Å². The number of amides is 1. The summed E-state index contributed by atoms with van der Waals surface area (Å²) in [7, 11) is 0. The highest BCUT2D eigenvalue weighted by Gasteiger charge is 2.54. The van der Waals surface area contributed by atoms with E-state index in [0.29, 0.717) is 16.3 Å². The summed E-state index contributed by atoms with van der Waals surface area (Å²) in [6.07, 6.45) is 2.77. The SMILES string of the molecule is O=C(COC(=O)[C@@H]1[C@H]2CC[C@@H](C2)[C@H]1C(=O)c1ccccc1)Nc1cccc(Cl)c1. The minimum Gasteiger partial charge on any atom is -0.455 e. The van der Waals surface area contributed by atoms with Crippen molar-refractivity contribution < 1.29 is 19.1 Å². The normalized spacial score (nSPS) is 24.9. The van der Waals surface area contributed by atoms with E-state index in [1.165, 1.54) is 0 Å². The molecular formula is C23H22ClNO4. The molecule has 2 saturated carbocycles. The predicted molar refractivity (Wildman–Crippen MR) is 110 cm³/mol. The number of nitrogens with one attached hydrogen (secondary N) is 1. The van der Waals surface area contributed by atoms with Gasteiger partial charge in [-0.1, -0.05) is 48.0 Å². The van der Waals surface area contributed by atoms with Crippen molar-refractivity contribution in [3.05, 3.63) is 65.2 Å². The number of fused-ring (bicyclic) bond motifs is 2. The molecule has 0 aliphatic heterocycles. The van der Waals surface area contributed by atoms with Crippen molar-refractivity contribution in [2.75, 3.05) is 11.9 Å². The van der Waals surface area contributed by atoms with Gasteiger partial charge in [0.25, 0.3) is 5.91 Å². The van der Waals surface area contributed by atoms with Gasteiger partial charge in [0, 0.05) is 22.2 Å². The third kappa shape index (κ3) is 4.20. The number of Topliss-reactive ketones (excluding diaryl/α,β-unsaturated/α-hetero) is 1. The molecular weight excluding hydrogens is 390 g/mol. The summed E-state index contributed by atoms with van der Waals surface area (Å²) in [5, 5.41) is 3.16. The van der Waals surface area contributed by atoms with Gasteiger partial charge in [-0.05, 0) is 49.3 Å². The van der Waals surface area contributed by atoms with E-state index >= 15 is 0 Å². The summed E-state index contributed by atoms with van der Waals surface area (Å²) in [5.74, 6) is -1.35. The third-order valence-corrected chi connectivity index (χ3v) is 6.24.